The van der Waals surface area contributed by atoms with Gasteiger partial charge in [-0.1, -0.05) is 0 Å². The Morgan fingerprint density at radius 1 is 1.22 bits per heavy atom. The lowest BCUT2D eigenvalue weighted by Crippen LogP contribution is -2.49. The van der Waals surface area contributed by atoms with Crippen molar-refractivity contribution in [2.75, 3.05) is 40.0 Å². The molecule has 3 heterocycles. The van der Waals surface area contributed by atoms with Crippen LogP contribution in [0, 0.1) is 23.0 Å². The molecule has 0 spiro atoms. The first-order valence-corrected chi connectivity index (χ1v) is 12.4. The predicted octanol–water partition coefficient (Wildman–Crippen LogP) is 2.58. The highest BCUT2D eigenvalue weighted by atomic mass is 19.1. The average Bonchev–Trinajstić information content (AvgIpc) is 2.83. The van der Waals surface area contributed by atoms with Crippen molar-refractivity contribution in [3.8, 4) is 22.9 Å². The molecule has 0 aliphatic carbocycles. The third kappa shape index (κ3) is 5.45. The molecule has 3 atom stereocenters. The highest BCUT2D eigenvalue weighted by Crippen LogP contribution is 2.42. The van der Waals surface area contributed by atoms with Crippen LogP contribution in [0.4, 0.5) is 8.78 Å². The van der Waals surface area contributed by atoms with Crippen LogP contribution in [-0.2, 0) is 32.0 Å². The molecule has 1 unspecified atom stereocenters. The Morgan fingerprint density at radius 2 is 2.05 bits per heavy atom. The van der Waals surface area contributed by atoms with Gasteiger partial charge in [-0.3, -0.25) is 4.79 Å². The van der Waals surface area contributed by atoms with Gasteiger partial charge in [-0.15, -0.1) is 0 Å². The Hall–Kier alpha value is -3.10. The third-order valence-electron chi connectivity index (χ3n) is 7.11. The largest absolute Gasteiger partial charge is 0.488 e. The molecule has 196 valence electrons. The van der Waals surface area contributed by atoms with Gasteiger partial charge in [0.05, 0.1) is 32.0 Å². The number of methoxy groups -OCH3 is 1. The summed E-state index contributed by atoms with van der Waals surface area (Å²) >= 11 is 0. The van der Waals surface area contributed by atoms with E-state index in [2.05, 4.69) is 10.6 Å². The SMILES string of the molecule is CO[C@H]1CCO[C@H](C(=O)NC(C#N)Cc2cc3c(cc2F)-c2cc(C4COC4)c(F)cc2CO3)CNC1. The summed E-state index contributed by atoms with van der Waals surface area (Å²) in [6, 6.07) is 7.19. The normalized spacial score (nSPS) is 22.2. The molecule has 8 nitrogen and oxygen atoms in total. The molecule has 2 N–H and O–H groups in total. The van der Waals surface area contributed by atoms with Crippen molar-refractivity contribution >= 4 is 5.91 Å². The van der Waals surface area contributed by atoms with Crippen LogP contribution in [0.15, 0.2) is 24.3 Å². The number of benzene rings is 2. The van der Waals surface area contributed by atoms with Gasteiger partial charge in [-0.2, -0.15) is 5.26 Å². The van der Waals surface area contributed by atoms with Gasteiger partial charge in [0, 0.05) is 43.7 Å². The minimum atomic E-state index is -0.962. The van der Waals surface area contributed by atoms with Crippen molar-refractivity contribution < 1.29 is 32.5 Å². The van der Waals surface area contributed by atoms with E-state index in [0.29, 0.717) is 55.2 Å². The summed E-state index contributed by atoms with van der Waals surface area (Å²) < 4.78 is 51.8. The fourth-order valence-electron chi connectivity index (χ4n) is 4.83. The van der Waals surface area contributed by atoms with Gasteiger partial charge in [0.1, 0.15) is 36.1 Å². The molecule has 2 saturated heterocycles. The van der Waals surface area contributed by atoms with Crippen LogP contribution in [0.25, 0.3) is 11.1 Å². The molecular weight excluding hydrogens is 484 g/mol. The molecule has 0 aromatic heterocycles. The van der Waals surface area contributed by atoms with Crippen molar-refractivity contribution in [1.29, 1.82) is 5.26 Å². The van der Waals surface area contributed by atoms with Crippen molar-refractivity contribution in [2.24, 2.45) is 0 Å². The third-order valence-corrected chi connectivity index (χ3v) is 7.11. The number of fused-ring (bicyclic) bond motifs is 3. The molecule has 2 aromatic carbocycles. The number of nitrogens with zero attached hydrogens (tertiary/aromatic N) is 1. The van der Waals surface area contributed by atoms with Crippen LogP contribution in [0.5, 0.6) is 5.75 Å². The monoisotopic (exact) mass is 513 g/mol. The lowest BCUT2D eigenvalue weighted by atomic mass is 9.88. The Balaban J connectivity index is 1.30. The zero-order valence-electron chi connectivity index (χ0n) is 20.5. The Morgan fingerprint density at radius 3 is 2.78 bits per heavy atom. The van der Waals surface area contributed by atoms with Gasteiger partial charge >= 0.3 is 0 Å². The summed E-state index contributed by atoms with van der Waals surface area (Å²) in [7, 11) is 1.63. The standard InChI is InChI=1S/C27H29F2N3O5/c1-34-19-2-3-36-26(11-31-10-19)27(33)32-18(9-30)4-15-6-25-22(8-23(15)28)20-7-21(17-12-35-13-17)24(29)5-16(20)14-37-25/h5-8,17-19,26,31H,2-4,10-14H2,1H3,(H,32,33)/t18?,19-,26-/m0/s1. The van der Waals surface area contributed by atoms with E-state index in [0.717, 1.165) is 5.56 Å². The van der Waals surface area contributed by atoms with Crippen molar-refractivity contribution in [3.63, 3.8) is 0 Å². The van der Waals surface area contributed by atoms with E-state index in [1.807, 2.05) is 6.07 Å². The second-order valence-corrected chi connectivity index (χ2v) is 9.55. The summed E-state index contributed by atoms with van der Waals surface area (Å²) in [5.74, 6) is -0.843. The summed E-state index contributed by atoms with van der Waals surface area (Å²) in [5, 5.41) is 15.5. The topological polar surface area (TPSA) is 102 Å². The molecule has 0 bridgehead atoms. The van der Waals surface area contributed by atoms with E-state index in [4.69, 9.17) is 18.9 Å². The number of amides is 1. The Labute approximate surface area is 213 Å². The molecule has 5 rings (SSSR count). The molecule has 1 amide bonds. The van der Waals surface area contributed by atoms with Gasteiger partial charge in [-0.25, -0.2) is 8.78 Å². The quantitative estimate of drug-likeness (QED) is 0.612. The van der Waals surface area contributed by atoms with Gasteiger partial charge in [0.15, 0.2) is 0 Å². The number of nitriles is 1. The Kier molecular flexibility index (Phi) is 7.67. The number of carbonyl (C=O) groups excluding carboxylic acids is 1. The molecular formula is C27H29F2N3O5. The molecule has 3 aliphatic heterocycles. The van der Waals surface area contributed by atoms with E-state index in [-0.39, 0.29) is 43.0 Å². The molecule has 37 heavy (non-hydrogen) atoms. The zero-order valence-corrected chi connectivity index (χ0v) is 20.5. The average molecular weight is 514 g/mol. The molecule has 0 radical (unpaired) electrons. The summed E-state index contributed by atoms with van der Waals surface area (Å²) in [4.78, 5) is 12.8. The van der Waals surface area contributed by atoms with Gasteiger partial charge in [0.25, 0.3) is 5.91 Å². The predicted molar refractivity (Wildman–Crippen MR) is 129 cm³/mol. The van der Waals surface area contributed by atoms with E-state index in [9.17, 15) is 14.4 Å². The smallest absolute Gasteiger partial charge is 0.251 e. The maximum atomic E-state index is 15.2. The summed E-state index contributed by atoms with van der Waals surface area (Å²) in [6.07, 6.45) is -0.161. The fraction of sp³-hybridized carbons (Fsp3) is 0.481. The number of hydrogen-bond donors (Lipinski definition) is 2. The van der Waals surface area contributed by atoms with Crippen LogP contribution < -0.4 is 15.4 Å². The first kappa shape index (κ1) is 25.5. The minimum absolute atomic E-state index is 0.00914. The van der Waals surface area contributed by atoms with E-state index in [1.54, 1.807) is 19.2 Å². The highest BCUT2D eigenvalue weighted by molar-refractivity contribution is 5.82. The van der Waals surface area contributed by atoms with Crippen molar-refractivity contribution in [2.45, 2.75) is 43.6 Å². The summed E-state index contributed by atoms with van der Waals surface area (Å²) in [6.45, 7) is 2.30. The lowest BCUT2D eigenvalue weighted by Gasteiger charge is -2.29. The second kappa shape index (κ2) is 11.1. The molecule has 0 saturated carbocycles. The first-order chi connectivity index (χ1) is 18.0. The van der Waals surface area contributed by atoms with Crippen LogP contribution in [0.2, 0.25) is 0 Å². The van der Waals surface area contributed by atoms with Gasteiger partial charge < -0.3 is 29.6 Å². The number of ether oxygens (including phenoxy) is 4. The second-order valence-electron chi connectivity index (χ2n) is 9.55. The summed E-state index contributed by atoms with van der Waals surface area (Å²) in [5.41, 5.74) is 2.70. The van der Waals surface area contributed by atoms with Crippen LogP contribution in [-0.4, -0.2) is 64.2 Å². The van der Waals surface area contributed by atoms with Crippen LogP contribution in [0.3, 0.4) is 0 Å². The number of nitrogens with one attached hydrogen (secondary N) is 2. The van der Waals surface area contributed by atoms with Gasteiger partial charge in [0.2, 0.25) is 0 Å². The van der Waals surface area contributed by atoms with E-state index < -0.39 is 23.9 Å². The highest BCUT2D eigenvalue weighted by Gasteiger charge is 2.29. The van der Waals surface area contributed by atoms with E-state index >= 15 is 4.39 Å². The van der Waals surface area contributed by atoms with Gasteiger partial charge in [-0.05, 0) is 47.4 Å². The first-order valence-electron chi connectivity index (χ1n) is 12.4. The maximum absolute atomic E-state index is 15.2. The molecule has 3 aliphatic rings. The minimum Gasteiger partial charge on any atom is -0.488 e. The number of hydrogen-bond acceptors (Lipinski definition) is 7. The van der Waals surface area contributed by atoms with E-state index in [1.165, 1.54) is 12.1 Å². The Bertz CT molecular complexity index is 1200. The zero-order chi connectivity index (χ0) is 25.9. The molecule has 2 fully saturated rings. The van der Waals surface area contributed by atoms with Crippen molar-refractivity contribution in [1.82, 2.24) is 10.6 Å². The lowest BCUT2D eigenvalue weighted by molar-refractivity contribution is -0.134. The fourth-order valence-corrected chi connectivity index (χ4v) is 4.83. The number of halogens is 2. The van der Waals surface area contributed by atoms with Crippen molar-refractivity contribution in [3.05, 3.63) is 52.6 Å². The molecule has 10 heteroatoms. The van der Waals surface area contributed by atoms with Crippen LogP contribution >= 0.6 is 0 Å². The number of rotatable bonds is 6. The molecule has 2 aromatic rings. The maximum Gasteiger partial charge on any atom is 0.251 e. The van der Waals surface area contributed by atoms with Crippen LogP contribution in [0.1, 0.15) is 29.0 Å². The number of carbonyl (C=O) groups is 1.